The van der Waals surface area contributed by atoms with Crippen LogP contribution in [0.2, 0.25) is 0 Å². The van der Waals surface area contributed by atoms with Crippen LogP contribution in [0.25, 0.3) is 0 Å². The van der Waals surface area contributed by atoms with Gasteiger partial charge in [-0.15, -0.1) is 0 Å². The van der Waals surface area contributed by atoms with Crippen molar-refractivity contribution in [2.75, 3.05) is 20.3 Å². The number of hydrogen-bond donors (Lipinski definition) is 1. The number of ether oxygens (including phenoxy) is 1. The summed E-state index contributed by atoms with van der Waals surface area (Å²) in [6.07, 6.45) is 8.79. The number of rotatable bonds is 4. The van der Waals surface area contributed by atoms with Crippen molar-refractivity contribution in [3.05, 3.63) is 0 Å². The van der Waals surface area contributed by atoms with Crippen LogP contribution in [0.1, 0.15) is 38.5 Å². The van der Waals surface area contributed by atoms with Crippen molar-refractivity contribution >= 4 is 0 Å². The van der Waals surface area contributed by atoms with E-state index in [1.54, 1.807) is 6.42 Å². The summed E-state index contributed by atoms with van der Waals surface area (Å²) in [6, 6.07) is 0.715. The molecule has 0 amide bonds. The van der Waals surface area contributed by atoms with Crippen LogP contribution < -0.4 is 5.32 Å². The van der Waals surface area contributed by atoms with Gasteiger partial charge in [-0.05, 0) is 62.8 Å². The van der Waals surface area contributed by atoms with Crippen LogP contribution in [0.15, 0.2) is 0 Å². The quantitative estimate of drug-likeness (QED) is 0.790. The Morgan fingerprint density at radius 1 is 1.25 bits per heavy atom. The Morgan fingerprint density at radius 3 is 2.75 bits per heavy atom. The predicted octanol–water partition coefficient (Wildman–Crippen LogP) is 2.44. The highest BCUT2D eigenvalue weighted by Crippen LogP contribution is 2.50. The van der Waals surface area contributed by atoms with E-state index in [-0.39, 0.29) is 0 Å². The van der Waals surface area contributed by atoms with Crippen LogP contribution in [0.3, 0.4) is 0 Å². The van der Waals surface area contributed by atoms with Crippen molar-refractivity contribution in [3.8, 4) is 0 Å². The molecule has 3 rings (SSSR count). The molecule has 2 saturated carbocycles. The third kappa shape index (κ3) is 2.02. The summed E-state index contributed by atoms with van der Waals surface area (Å²) >= 11 is 0. The van der Waals surface area contributed by atoms with E-state index in [9.17, 15) is 0 Å². The van der Waals surface area contributed by atoms with Crippen LogP contribution in [0.4, 0.5) is 0 Å². The molecule has 5 unspecified atom stereocenters. The predicted molar refractivity (Wildman–Crippen MR) is 65.3 cm³/mol. The standard InChI is InChI=1S/C14H25NO/c1-15-14(12-4-5-16-9-12)8-13-7-10-2-3-11(13)6-10/h10-15H,2-9H2,1H3. The maximum Gasteiger partial charge on any atom is 0.0510 e. The Labute approximate surface area is 99.1 Å². The van der Waals surface area contributed by atoms with Gasteiger partial charge in [0.1, 0.15) is 0 Å². The first kappa shape index (κ1) is 11.0. The van der Waals surface area contributed by atoms with E-state index in [4.69, 9.17) is 4.74 Å². The van der Waals surface area contributed by atoms with E-state index in [2.05, 4.69) is 12.4 Å². The number of hydrogen-bond acceptors (Lipinski definition) is 2. The highest BCUT2D eigenvalue weighted by atomic mass is 16.5. The van der Waals surface area contributed by atoms with Crippen LogP contribution in [0.5, 0.6) is 0 Å². The summed E-state index contributed by atoms with van der Waals surface area (Å²) in [7, 11) is 2.14. The van der Waals surface area contributed by atoms with Gasteiger partial charge in [-0.25, -0.2) is 0 Å². The highest BCUT2D eigenvalue weighted by molar-refractivity contribution is 4.93. The lowest BCUT2D eigenvalue weighted by Gasteiger charge is -2.29. The topological polar surface area (TPSA) is 21.3 Å². The second-order valence-electron chi connectivity index (χ2n) is 6.19. The van der Waals surface area contributed by atoms with Gasteiger partial charge in [0, 0.05) is 12.6 Å². The summed E-state index contributed by atoms with van der Waals surface area (Å²) in [5.41, 5.74) is 0. The first-order chi connectivity index (χ1) is 7.86. The molecule has 16 heavy (non-hydrogen) atoms. The van der Waals surface area contributed by atoms with Crippen LogP contribution in [-0.4, -0.2) is 26.3 Å². The lowest BCUT2D eigenvalue weighted by molar-refractivity contribution is 0.168. The molecule has 2 aliphatic carbocycles. The van der Waals surface area contributed by atoms with E-state index in [1.165, 1.54) is 32.1 Å². The van der Waals surface area contributed by atoms with E-state index < -0.39 is 0 Å². The fourth-order valence-electron chi connectivity index (χ4n) is 4.41. The molecule has 1 aliphatic heterocycles. The molecule has 3 fully saturated rings. The minimum Gasteiger partial charge on any atom is -0.381 e. The average Bonchev–Trinajstić information content (AvgIpc) is 3.01. The van der Waals surface area contributed by atoms with E-state index >= 15 is 0 Å². The molecule has 2 bridgehead atoms. The maximum atomic E-state index is 5.53. The summed E-state index contributed by atoms with van der Waals surface area (Å²) in [6.45, 7) is 1.98. The maximum absolute atomic E-state index is 5.53. The molecule has 0 aromatic carbocycles. The first-order valence-corrected chi connectivity index (χ1v) is 7.12. The van der Waals surface area contributed by atoms with Gasteiger partial charge < -0.3 is 10.1 Å². The zero-order chi connectivity index (χ0) is 11.0. The molecule has 1 N–H and O–H groups in total. The minimum absolute atomic E-state index is 0.715. The van der Waals surface area contributed by atoms with Crippen LogP contribution in [-0.2, 0) is 4.74 Å². The Bertz CT molecular complexity index is 237. The SMILES string of the molecule is CNC(CC1CC2CCC1C2)C1CCOC1. The number of fused-ring (bicyclic) bond motifs is 2. The Kier molecular flexibility index (Phi) is 3.21. The molecular weight excluding hydrogens is 198 g/mol. The molecule has 0 aromatic heterocycles. The van der Waals surface area contributed by atoms with Crippen LogP contribution >= 0.6 is 0 Å². The van der Waals surface area contributed by atoms with Crippen molar-refractivity contribution in [2.45, 2.75) is 44.6 Å². The molecule has 5 atom stereocenters. The van der Waals surface area contributed by atoms with Gasteiger partial charge in [0.25, 0.3) is 0 Å². The highest BCUT2D eigenvalue weighted by Gasteiger charge is 2.41. The molecule has 92 valence electrons. The summed E-state index contributed by atoms with van der Waals surface area (Å²) in [5, 5.41) is 3.55. The summed E-state index contributed by atoms with van der Waals surface area (Å²) < 4.78 is 5.53. The smallest absolute Gasteiger partial charge is 0.0510 e. The van der Waals surface area contributed by atoms with Gasteiger partial charge >= 0.3 is 0 Å². The van der Waals surface area contributed by atoms with Gasteiger partial charge in [0.05, 0.1) is 6.61 Å². The molecule has 2 nitrogen and oxygen atoms in total. The first-order valence-electron chi connectivity index (χ1n) is 7.12. The Morgan fingerprint density at radius 2 is 2.19 bits per heavy atom. The normalized spacial score (nSPS) is 44.1. The Balaban J connectivity index is 1.55. The summed E-state index contributed by atoms with van der Waals surface area (Å²) in [5.74, 6) is 3.97. The van der Waals surface area contributed by atoms with Gasteiger partial charge in [0.15, 0.2) is 0 Å². The third-order valence-corrected chi connectivity index (χ3v) is 5.35. The lowest BCUT2D eigenvalue weighted by atomic mass is 9.81. The zero-order valence-corrected chi connectivity index (χ0v) is 10.5. The van der Waals surface area contributed by atoms with Crippen molar-refractivity contribution < 1.29 is 4.74 Å². The molecule has 1 heterocycles. The van der Waals surface area contributed by atoms with E-state index in [0.29, 0.717) is 6.04 Å². The van der Waals surface area contributed by atoms with Crippen molar-refractivity contribution in [1.29, 1.82) is 0 Å². The largest absolute Gasteiger partial charge is 0.381 e. The fourth-order valence-corrected chi connectivity index (χ4v) is 4.41. The van der Waals surface area contributed by atoms with Crippen LogP contribution in [0, 0.1) is 23.7 Å². The third-order valence-electron chi connectivity index (χ3n) is 5.35. The second-order valence-corrected chi connectivity index (χ2v) is 6.19. The van der Waals surface area contributed by atoms with Crippen molar-refractivity contribution in [1.82, 2.24) is 5.32 Å². The summed E-state index contributed by atoms with van der Waals surface area (Å²) in [4.78, 5) is 0. The average molecular weight is 223 g/mol. The number of nitrogens with one attached hydrogen (secondary N) is 1. The van der Waals surface area contributed by atoms with E-state index in [1.807, 2.05) is 0 Å². The molecule has 0 spiro atoms. The minimum atomic E-state index is 0.715. The van der Waals surface area contributed by atoms with Crippen molar-refractivity contribution in [2.24, 2.45) is 23.7 Å². The Hall–Kier alpha value is -0.0800. The second kappa shape index (κ2) is 4.66. The zero-order valence-electron chi connectivity index (χ0n) is 10.5. The van der Waals surface area contributed by atoms with Crippen molar-refractivity contribution in [3.63, 3.8) is 0 Å². The molecule has 1 saturated heterocycles. The molecule has 3 aliphatic rings. The van der Waals surface area contributed by atoms with Gasteiger partial charge in [-0.1, -0.05) is 6.42 Å². The lowest BCUT2D eigenvalue weighted by Crippen LogP contribution is -2.36. The molecule has 2 heteroatoms. The molecule has 0 radical (unpaired) electrons. The fraction of sp³-hybridized carbons (Fsp3) is 1.00. The molecule has 0 aromatic rings. The van der Waals surface area contributed by atoms with Gasteiger partial charge in [-0.2, -0.15) is 0 Å². The monoisotopic (exact) mass is 223 g/mol. The van der Waals surface area contributed by atoms with E-state index in [0.717, 1.165) is 36.9 Å². The van der Waals surface area contributed by atoms with Gasteiger partial charge in [-0.3, -0.25) is 0 Å². The van der Waals surface area contributed by atoms with Gasteiger partial charge in [0.2, 0.25) is 0 Å². The molecular formula is C14H25NO.